The molecule has 2 aliphatic rings. The molecule has 0 spiro atoms. The maximum absolute atomic E-state index is 13.2. The average Bonchev–Trinajstić information content (AvgIpc) is 3.08. The number of aromatic nitrogens is 1. The van der Waals surface area contributed by atoms with Crippen LogP contribution in [0.1, 0.15) is 38.3 Å². The highest BCUT2D eigenvalue weighted by Gasteiger charge is 2.42. The van der Waals surface area contributed by atoms with Gasteiger partial charge >= 0.3 is 0 Å². The number of nitrogens with one attached hydrogen (secondary N) is 1. The van der Waals surface area contributed by atoms with Crippen molar-refractivity contribution < 1.29 is 14.3 Å². The minimum absolute atomic E-state index is 0.128. The molecule has 148 valence electrons. The van der Waals surface area contributed by atoms with E-state index in [1.54, 1.807) is 18.4 Å². The lowest BCUT2D eigenvalue weighted by atomic mass is 9.73. The minimum atomic E-state index is -0.312. The number of carbonyl (C=O) groups excluding carboxylic acids is 1. The van der Waals surface area contributed by atoms with Gasteiger partial charge in [0.15, 0.2) is 22.4 Å². The third-order valence-electron chi connectivity index (χ3n) is 5.49. The van der Waals surface area contributed by atoms with E-state index in [1.165, 1.54) is 0 Å². The van der Waals surface area contributed by atoms with Crippen molar-refractivity contribution in [2.24, 2.45) is 5.41 Å². The molecule has 6 heteroatoms. The van der Waals surface area contributed by atoms with Gasteiger partial charge in [0.1, 0.15) is 5.76 Å². The zero-order valence-electron chi connectivity index (χ0n) is 16.6. The van der Waals surface area contributed by atoms with Crippen molar-refractivity contribution in [2.75, 3.05) is 12.4 Å². The zero-order chi connectivity index (χ0) is 20.2. The van der Waals surface area contributed by atoms with Crippen LogP contribution in [0.4, 0.5) is 5.13 Å². The van der Waals surface area contributed by atoms with Crippen LogP contribution in [0.25, 0.3) is 10.2 Å². The number of fused-ring (bicyclic) bond motifs is 2. The van der Waals surface area contributed by atoms with Gasteiger partial charge in [-0.1, -0.05) is 49.4 Å². The lowest BCUT2D eigenvalue weighted by Gasteiger charge is -2.38. The lowest BCUT2D eigenvalue weighted by Crippen LogP contribution is -2.34. The van der Waals surface area contributed by atoms with Gasteiger partial charge in [0.05, 0.1) is 28.9 Å². The van der Waals surface area contributed by atoms with Crippen molar-refractivity contribution in [3.05, 3.63) is 59.4 Å². The smallest absolute Gasteiger partial charge is 0.184 e. The van der Waals surface area contributed by atoms with Crippen LogP contribution in [-0.4, -0.2) is 17.9 Å². The number of allylic oxidation sites excluding steroid dienone is 1. The number of hydrogen-bond acceptors (Lipinski definition) is 6. The van der Waals surface area contributed by atoms with Crippen LogP contribution in [0.3, 0.4) is 0 Å². The highest BCUT2D eigenvalue weighted by atomic mass is 32.1. The van der Waals surface area contributed by atoms with Crippen LogP contribution >= 0.6 is 11.3 Å². The number of benzene rings is 2. The van der Waals surface area contributed by atoms with E-state index in [-0.39, 0.29) is 17.2 Å². The van der Waals surface area contributed by atoms with Gasteiger partial charge in [0.25, 0.3) is 0 Å². The summed E-state index contributed by atoms with van der Waals surface area (Å²) in [6.07, 6.45) is 1.22. The van der Waals surface area contributed by atoms with Crippen LogP contribution in [-0.2, 0) is 4.79 Å². The molecule has 5 rings (SSSR count). The van der Waals surface area contributed by atoms with Crippen molar-refractivity contribution in [2.45, 2.75) is 32.7 Å². The number of Topliss-reactive ketones (excluding diaryl/α,β-unsaturated/α-hetero) is 1. The summed E-state index contributed by atoms with van der Waals surface area (Å²) in [4.78, 5) is 17.9. The Bertz CT molecular complexity index is 1130. The monoisotopic (exact) mass is 406 g/mol. The average molecular weight is 407 g/mol. The molecule has 1 atom stereocenters. The van der Waals surface area contributed by atoms with Gasteiger partial charge in [-0.2, -0.15) is 0 Å². The van der Waals surface area contributed by atoms with Crippen molar-refractivity contribution in [3.63, 3.8) is 0 Å². The third kappa shape index (κ3) is 3.08. The fourth-order valence-corrected chi connectivity index (χ4v) is 5.10. The summed E-state index contributed by atoms with van der Waals surface area (Å²) in [5.41, 5.74) is 2.43. The summed E-state index contributed by atoms with van der Waals surface area (Å²) in [6, 6.07) is 13.5. The zero-order valence-corrected chi connectivity index (χ0v) is 17.4. The fraction of sp³-hybridized carbons (Fsp3) is 0.304. The molecule has 1 unspecified atom stereocenters. The molecule has 0 bridgehead atoms. The van der Waals surface area contributed by atoms with Gasteiger partial charge in [-0.05, 0) is 23.6 Å². The second-order valence-corrected chi connectivity index (χ2v) is 9.35. The molecular formula is C23H22N2O3S. The molecule has 5 nitrogen and oxygen atoms in total. The number of rotatable bonds is 3. The molecule has 0 amide bonds. The van der Waals surface area contributed by atoms with Crippen molar-refractivity contribution in [1.29, 1.82) is 0 Å². The number of hydrogen-bond donors (Lipinski definition) is 1. The molecule has 0 radical (unpaired) electrons. The maximum atomic E-state index is 13.2. The Kier molecular flexibility index (Phi) is 4.13. The van der Waals surface area contributed by atoms with Gasteiger partial charge in [0, 0.05) is 18.4 Å². The van der Waals surface area contributed by atoms with Gasteiger partial charge < -0.3 is 14.8 Å². The molecule has 1 N–H and O–H groups in total. The lowest BCUT2D eigenvalue weighted by molar-refractivity contribution is -0.118. The van der Waals surface area contributed by atoms with Crippen LogP contribution in [0.5, 0.6) is 11.5 Å². The van der Waals surface area contributed by atoms with Gasteiger partial charge in [-0.3, -0.25) is 4.79 Å². The third-order valence-corrected chi connectivity index (χ3v) is 6.46. The summed E-state index contributed by atoms with van der Waals surface area (Å²) in [5.74, 6) is 2.21. The Morgan fingerprint density at radius 1 is 1.17 bits per heavy atom. The Morgan fingerprint density at radius 3 is 2.79 bits per heavy atom. The highest BCUT2D eigenvalue weighted by Crippen LogP contribution is 2.50. The number of anilines is 1. The molecule has 3 aromatic rings. The maximum Gasteiger partial charge on any atom is 0.184 e. The summed E-state index contributed by atoms with van der Waals surface area (Å²) >= 11 is 1.59. The Hall–Kier alpha value is -2.86. The number of para-hydroxylation sites is 2. The quantitative estimate of drug-likeness (QED) is 0.623. The SMILES string of the molecule is COc1cccc2c1OC1=C(C(=O)CC(C)(C)C1)C2Nc1nc2ccccc2s1. The van der Waals surface area contributed by atoms with E-state index in [0.717, 1.165) is 26.7 Å². The van der Waals surface area contributed by atoms with E-state index in [0.29, 0.717) is 29.9 Å². The Labute approximate surface area is 173 Å². The number of ether oxygens (including phenoxy) is 2. The summed E-state index contributed by atoms with van der Waals surface area (Å²) < 4.78 is 12.9. The van der Waals surface area contributed by atoms with E-state index in [2.05, 4.69) is 25.2 Å². The first kappa shape index (κ1) is 18.2. The van der Waals surface area contributed by atoms with E-state index in [4.69, 9.17) is 14.5 Å². The molecule has 2 aromatic carbocycles. The molecular weight excluding hydrogens is 384 g/mol. The number of thiazole rings is 1. The van der Waals surface area contributed by atoms with Gasteiger partial charge in [0.2, 0.25) is 0 Å². The van der Waals surface area contributed by atoms with Crippen molar-refractivity contribution in [3.8, 4) is 11.5 Å². The summed E-state index contributed by atoms with van der Waals surface area (Å²) in [6.45, 7) is 4.21. The topological polar surface area (TPSA) is 60.5 Å². The van der Waals surface area contributed by atoms with Crippen LogP contribution < -0.4 is 14.8 Å². The van der Waals surface area contributed by atoms with Gasteiger partial charge in [-0.25, -0.2) is 4.98 Å². The number of carbonyl (C=O) groups is 1. The predicted octanol–water partition coefficient (Wildman–Crippen LogP) is 5.49. The molecule has 1 aliphatic carbocycles. The van der Waals surface area contributed by atoms with E-state index in [9.17, 15) is 4.79 Å². The number of methoxy groups -OCH3 is 1. The Morgan fingerprint density at radius 2 is 2.00 bits per heavy atom. The fourth-order valence-electron chi connectivity index (χ4n) is 4.21. The Balaban J connectivity index is 1.64. The normalized spacial score (nSPS) is 20.1. The molecule has 2 heterocycles. The van der Waals surface area contributed by atoms with Crippen molar-refractivity contribution >= 4 is 32.5 Å². The molecule has 1 aromatic heterocycles. The molecule has 0 fully saturated rings. The van der Waals surface area contributed by atoms with E-state index < -0.39 is 0 Å². The van der Waals surface area contributed by atoms with Crippen LogP contribution in [0.15, 0.2) is 53.8 Å². The highest BCUT2D eigenvalue weighted by molar-refractivity contribution is 7.22. The van der Waals surface area contributed by atoms with Crippen molar-refractivity contribution in [1.82, 2.24) is 4.98 Å². The molecule has 0 saturated carbocycles. The molecule has 1 aliphatic heterocycles. The first-order valence-corrected chi connectivity index (χ1v) is 10.5. The first-order chi connectivity index (χ1) is 13.9. The molecule has 29 heavy (non-hydrogen) atoms. The second kappa shape index (κ2) is 6.59. The summed E-state index contributed by atoms with van der Waals surface area (Å²) in [7, 11) is 1.63. The predicted molar refractivity (Wildman–Crippen MR) is 115 cm³/mol. The molecule has 0 saturated heterocycles. The van der Waals surface area contributed by atoms with Crippen LogP contribution in [0.2, 0.25) is 0 Å². The van der Waals surface area contributed by atoms with E-state index >= 15 is 0 Å². The largest absolute Gasteiger partial charge is 0.493 e. The standard InChI is InChI=1S/C23H22N2O3S/c1-23(2)11-15(26)19-17(12-23)28-21-13(7-6-9-16(21)27-3)20(19)25-22-24-14-8-4-5-10-18(14)29-22/h4-10,20H,11-12H2,1-3H3,(H,24,25). The second-order valence-electron chi connectivity index (χ2n) is 8.32. The minimum Gasteiger partial charge on any atom is -0.493 e. The van der Waals surface area contributed by atoms with Gasteiger partial charge in [-0.15, -0.1) is 0 Å². The summed E-state index contributed by atoms with van der Waals surface area (Å²) in [5, 5.41) is 4.32. The van der Waals surface area contributed by atoms with E-state index in [1.807, 2.05) is 36.4 Å². The number of nitrogens with zero attached hydrogens (tertiary/aromatic N) is 1. The van der Waals surface area contributed by atoms with Crippen LogP contribution in [0, 0.1) is 5.41 Å². The number of ketones is 1. The first-order valence-electron chi connectivity index (χ1n) is 9.68.